The van der Waals surface area contributed by atoms with Gasteiger partial charge in [-0.15, -0.1) is 12.4 Å². The number of carbonyl (C=O) groups excluding carboxylic acids is 1. The fraction of sp³-hybridized carbons (Fsp3) is 0.933. The van der Waals surface area contributed by atoms with Gasteiger partial charge in [0.15, 0.2) is 0 Å². The minimum atomic E-state index is 0. The second-order valence-electron chi connectivity index (χ2n) is 5.76. The van der Waals surface area contributed by atoms with Crippen LogP contribution in [0.2, 0.25) is 0 Å². The van der Waals surface area contributed by atoms with E-state index in [1.807, 2.05) is 11.8 Å². The van der Waals surface area contributed by atoms with Crippen molar-refractivity contribution in [3.8, 4) is 0 Å². The number of nitrogens with one attached hydrogen (secondary N) is 2. The molecule has 0 aromatic heterocycles. The number of thioether (sulfide) groups is 1. The Morgan fingerprint density at radius 1 is 1.24 bits per heavy atom. The summed E-state index contributed by atoms with van der Waals surface area (Å²) in [5.41, 5.74) is 0. The lowest BCUT2D eigenvalue weighted by Gasteiger charge is -2.22. The molecule has 1 unspecified atom stereocenters. The highest BCUT2D eigenvalue weighted by Crippen LogP contribution is 2.19. The van der Waals surface area contributed by atoms with Crippen molar-refractivity contribution < 1.29 is 9.53 Å². The van der Waals surface area contributed by atoms with Gasteiger partial charge in [0, 0.05) is 37.1 Å². The number of rotatable bonds is 6. The Labute approximate surface area is 138 Å². The maximum absolute atomic E-state index is 11.8. The van der Waals surface area contributed by atoms with Gasteiger partial charge in [0.2, 0.25) is 5.91 Å². The number of amides is 1. The van der Waals surface area contributed by atoms with Crippen molar-refractivity contribution in [1.29, 1.82) is 0 Å². The third-order valence-corrected chi connectivity index (χ3v) is 5.14. The molecule has 6 heteroatoms. The van der Waals surface area contributed by atoms with Gasteiger partial charge in [0.05, 0.1) is 12.7 Å². The largest absolute Gasteiger partial charge is 0.376 e. The van der Waals surface area contributed by atoms with Crippen LogP contribution in [0.25, 0.3) is 0 Å². The third-order valence-electron chi connectivity index (χ3n) is 4.01. The Bertz CT molecular complexity index is 281. The van der Waals surface area contributed by atoms with Crippen molar-refractivity contribution >= 4 is 30.1 Å². The van der Waals surface area contributed by atoms with E-state index >= 15 is 0 Å². The van der Waals surface area contributed by atoms with E-state index in [1.165, 1.54) is 38.5 Å². The molecule has 1 atom stereocenters. The summed E-state index contributed by atoms with van der Waals surface area (Å²) < 4.78 is 5.87. The van der Waals surface area contributed by atoms with E-state index in [0.29, 0.717) is 31.7 Å². The van der Waals surface area contributed by atoms with Gasteiger partial charge in [-0.2, -0.15) is 11.8 Å². The van der Waals surface area contributed by atoms with Crippen molar-refractivity contribution in [2.75, 3.05) is 31.2 Å². The molecule has 2 fully saturated rings. The van der Waals surface area contributed by atoms with Crippen molar-refractivity contribution in [2.45, 2.75) is 57.1 Å². The van der Waals surface area contributed by atoms with E-state index in [1.54, 1.807) is 0 Å². The minimum Gasteiger partial charge on any atom is -0.376 e. The fourth-order valence-electron chi connectivity index (χ4n) is 2.87. The summed E-state index contributed by atoms with van der Waals surface area (Å²) in [7, 11) is 0. The zero-order valence-corrected chi connectivity index (χ0v) is 14.4. The quantitative estimate of drug-likeness (QED) is 0.577. The molecular weight excluding hydrogens is 308 g/mol. The van der Waals surface area contributed by atoms with E-state index in [0.717, 1.165) is 18.1 Å². The average molecular weight is 337 g/mol. The van der Waals surface area contributed by atoms with Crippen molar-refractivity contribution in [1.82, 2.24) is 10.6 Å². The Balaban J connectivity index is 0.00000220. The standard InChI is InChI=1S/C15H28N2O2S.ClH/c18-15(11-13-12-20-10-8-16-13)17-7-9-19-14-5-3-1-2-4-6-14;/h13-14,16H,1-12H2,(H,17,18);1H. The topological polar surface area (TPSA) is 50.4 Å². The van der Waals surface area contributed by atoms with Crippen LogP contribution >= 0.6 is 24.2 Å². The third kappa shape index (κ3) is 8.29. The molecule has 0 bridgehead atoms. The first kappa shape index (κ1) is 19.1. The first-order valence-corrected chi connectivity index (χ1v) is 9.19. The van der Waals surface area contributed by atoms with Crippen LogP contribution in [0.15, 0.2) is 0 Å². The lowest BCUT2D eigenvalue weighted by Crippen LogP contribution is -2.41. The van der Waals surface area contributed by atoms with Gasteiger partial charge in [0.25, 0.3) is 0 Å². The Kier molecular flexibility index (Phi) is 10.5. The molecule has 1 saturated carbocycles. The van der Waals surface area contributed by atoms with Crippen LogP contribution in [0.4, 0.5) is 0 Å². The van der Waals surface area contributed by atoms with E-state index in [2.05, 4.69) is 10.6 Å². The molecule has 4 nitrogen and oxygen atoms in total. The molecule has 1 heterocycles. The van der Waals surface area contributed by atoms with Crippen LogP contribution in [0.3, 0.4) is 0 Å². The Morgan fingerprint density at radius 2 is 2.00 bits per heavy atom. The number of hydrogen-bond acceptors (Lipinski definition) is 4. The van der Waals surface area contributed by atoms with Gasteiger partial charge >= 0.3 is 0 Å². The second-order valence-corrected chi connectivity index (χ2v) is 6.91. The first-order chi connectivity index (χ1) is 9.84. The van der Waals surface area contributed by atoms with Crippen molar-refractivity contribution in [3.05, 3.63) is 0 Å². The van der Waals surface area contributed by atoms with E-state index in [-0.39, 0.29) is 18.3 Å². The molecule has 124 valence electrons. The predicted octanol–water partition coefficient (Wildman–Crippen LogP) is 2.36. The number of ether oxygens (including phenoxy) is 1. The van der Waals surface area contributed by atoms with Crippen LogP contribution in [0.1, 0.15) is 44.9 Å². The molecule has 2 N–H and O–H groups in total. The SMILES string of the molecule is Cl.O=C(CC1CSCCN1)NCCOC1CCCCCC1. The van der Waals surface area contributed by atoms with Crippen molar-refractivity contribution in [3.63, 3.8) is 0 Å². The second kappa shape index (κ2) is 11.6. The summed E-state index contributed by atoms with van der Waals surface area (Å²) in [4.78, 5) is 11.8. The van der Waals surface area contributed by atoms with Gasteiger partial charge in [-0.25, -0.2) is 0 Å². The molecule has 1 saturated heterocycles. The lowest BCUT2D eigenvalue weighted by atomic mass is 10.1. The summed E-state index contributed by atoms with van der Waals surface area (Å²) in [6, 6.07) is 0.344. The number of hydrogen-bond donors (Lipinski definition) is 2. The zero-order valence-electron chi connectivity index (χ0n) is 12.8. The molecule has 1 amide bonds. The molecular formula is C15H29ClN2O2S. The van der Waals surface area contributed by atoms with Gasteiger partial charge in [-0.1, -0.05) is 25.7 Å². The molecule has 1 aliphatic carbocycles. The van der Waals surface area contributed by atoms with Gasteiger partial charge in [-0.05, 0) is 12.8 Å². The van der Waals surface area contributed by atoms with Gasteiger partial charge < -0.3 is 15.4 Å². The molecule has 0 radical (unpaired) electrons. The summed E-state index contributed by atoms with van der Waals surface area (Å²) in [6.07, 6.45) is 8.69. The van der Waals surface area contributed by atoms with Crippen LogP contribution < -0.4 is 10.6 Å². The summed E-state index contributed by atoms with van der Waals surface area (Å²) >= 11 is 1.93. The maximum atomic E-state index is 11.8. The van der Waals surface area contributed by atoms with Crippen molar-refractivity contribution in [2.24, 2.45) is 0 Å². The monoisotopic (exact) mass is 336 g/mol. The molecule has 1 aliphatic heterocycles. The summed E-state index contributed by atoms with van der Waals surface area (Å²) in [5.74, 6) is 2.36. The average Bonchev–Trinajstić information content (AvgIpc) is 2.73. The first-order valence-electron chi connectivity index (χ1n) is 8.04. The highest BCUT2D eigenvalue weighted by atomic mass is 35.5. The molecule has 21 heavy (non-hydrogen) atoms. The highest BCUT2D eigenvalue weighted by molar-refractivity contribution is 7.99. The van der Waals surface area contributed by atoms with Crippen LogP contribution in [0, 0.1) is 0 Å². The predicted molar refractivity (Wildman–Crippen MR) is 91.4 cm³/mol. The van der Waals surface area contributed by atoms with Crippen LogP contribution in [0.5, 0.6) is 0 Å². The van der Waals surface area contributed by atoms with Gasteiger partial charge in [-0.3, -0.25) is 4.79 Å². The maximum Gasteiger partial charge on any atom is 0.221 e. The van der Waals surface area contributed by atoms with E-state index in [4.69, 9.17) is 4.74 Å². The Morgan fingerprint density at radius 3 is 2.67 bits per heavy atom. The van der Waals surface area contributed by atoms with E-state index in [9.17, 15) is 4.79 Å². The summed E-state index contributed by atoms with van der Waals surface area (Å²) in [5, 5.41) is 6.36. The molecule has 2 aliphatic rings. The number of halogens is 1. The lowest BCUT2D eigenvalue weighted by molar-refractivity contribution is -0.121. The molecule has 0 aromatic carbocycles. The highest BCUT2D eigenvalue weighted by Gasteiger charge is 2.16. The van der Waals surface area contributed by atoms with Crippen LogP contribution in [-0.2, 0) is 9.53 Å². The van der Waals surface area contributed by atoms with Gasteiger partial charge in [0.1, 0.15) is 0 Å². The zero-order chi connectivity index (χ0) is 14.0. The molecule has 0 spiro atoms. The van der Waals surface area contributed by atoms with Crippen LogP contribution in [-0.4, -0.2) is 49.3 Å². The minimum absolute atomic E-state index is 0. The Hall–Kier alpha value is 0.0300. The molecule has 2 rings (SSSR count). The normalized spacial score (nSPS) is 23.9. The molecule has 0 aromatic rings. The smallest absolute Gasteiger partial charge is 0.221 e. The number of carbonyl (C=O) groups is 1. The fourth-order valence-corrected chi connectivity index (χ4v) is 3.82. The van der Waals surface area contributed by atoms with E-state index < -0.39 is 0 Å². The summed E-state index contributed by atoms with van der Waals surface area (Å²) in [6.45, 7) is 2.33.